The molecule has 112 valence electrons. The average molecular weight is 299 g/mol. The molecule has 0 aromatic heterocycles. The minimum atomic E-state index is -3.73. The summed E-state index contributed by atoms with van der Waals surface area (Å²) in [6.45, 7) is 4.73. The number of nitrogens with two attached hydrogens (primary N) is 2. The molecule has 0 amide bonds. The van der Waals surface area contributed by atoms with Gasteiger partial charge >= 0.3 is 0 Å². The Balaban J connectivity index is 2.21. The molecule has 1 aromatic carbocycles. The van der Waals surface area contributed by atoms with E-state index in [0.717, 1.165) is 12.8 Å². The van der Waals surface area contributed by atoms with Crippen molar-refractivity contribution in [2.24, 2.45) is 5.14 Å². The van der Waals surface area contributed by atoms with Crippen LogP contribution in [0.4, 0.5) is 11.4 Å². The van der Waals surface area contributed by atoms with Crippen molar-refractivity contribution >= 4 is 21.4 Å². The van der Waals surface area contributed by atoms with Crippen molar-refractivity contribution in [3.63, 3.8) is 0 Å². The fraction of sp³-hybridized carbons (Fsp3) is 0.538. The van der Waals surface area contributed by atoms with Gasteiger partial charge in [-0.05, 0) is 44.9 Å². The van der Waals surface area contributed by atoms with Gasteiger partial charge in [-0.1, -0.05) is 0 Å². The van der Waals surface area contributed by atoms with Crippen LogP contribution in [0.1, 0.15) is 26.7 Å². The second-order valence-corrected chi connectivity index (χ2v) is 7.30. The summed E-state index contributed by atoms with van der Waals surface area (Å²) in [7, 11) is -3.73. The minimum absolute atomic E-state index is 0.0560. The van der Waals surface area contributed by atoms with Gasteiger partial charge in [0.15, 0.2) is 0 Å². The molecule has 1 saturated heterocycles. The summed E-state index contributed by atoms with van der Waals surface area (Å²) in [5, 5.41) is 8.43. The van der Waals surface area contributed by atoms with Gasteiger partial charge in [-0.25, -0.2) is 13.6 Å². The number of ether oxygens (including phenoxy) is 1. The van der Waals surface area contributed by atoms with Gasteiger partial charge in [0.25, 0.3) is 0 Å². The van der Waals surface area contributed by atoms with Crippen LogP contribution in [0.25, 0.3) is 0 Å². The van der Waals surface area contributed by atoms with E-state index >= 15 is 0 Å². The van der Waals surface area contributed by atoms with E-state index < -0.39 is 10.0 Å². The molecular formula is C13H21N3O3S. The monoisotopic (exact) mass is 299 g/mol. The van der Waals surface area contributed by atoms with Crippen LogP contribution in [0.2, 0.25) is 0 Å². The van der Waals surface area contributed by atoms with Crippen molar-refractivity contribution in [2.45, 2.75) is 43.2 Å². The quantitative estimate of drug-likeness (QED) is 0.729. The molecule has 6 nitrogen and oxygen atoms in total. The zero-order valence-corrected chi connectivity index (χ0v) is 12.5. The highest BCUT2D eigenvalue weighted by Crippen LogP contribution is 2.29. The van der Waals surface area contributed by atoms with E-state index in [4.69, 9.17) is 15.6 Å². The van der Waals surface area contributed by atoms with Crippen LogP contribution in [-0.2, 0) is 14.8 Å². The molecule has 5 N–H and O–H groups in total. The lowest BCUT2D eigenvalue weighted by Crippen LogP contribution is -2.40. The van der Waals surface area contributed by atoms with Gasteiger partial charge in [0, 0.05) is 12.6 Å². The molecule has 0 bridgehead atoms. The number of hydrogen-bond acceptors (Lipinski definition) is 5. The molecule has 7 heteroatoms. The first kappa shape index (κ1) is 15.1. The summed E-state index contributed by atoms with van der Waals surface area (Å²) >= 11 is 0. The number of nitrogen functional groups attached to an aromatic ring is 1. The van der Waals surface area contributed by atoms with Crippen LogP contribution in [0.5, 0.6) is 0 Å². The lowest BCUT2D eigenvalue weighted by atomic mass is 9.94. The van der Waals surface area contributed by atoms with Crippen molar-refractivity contribution in [2.75, 3.05) is 17.7 Å². The van der Waals surface area contributed by atoms with E-state index in [-0.39, 0.29) is 16.5 Å². The molecule has 1 aromatic rings. The van der Waals surface area contributed by atoms with Crippen molar-refractivity contribution in [3.8, 4) is 0 Å². The molecule has 2 rings (SSSR count). The molecule has 0 radical (unpaired) electrons. The van der Waals surface area contributed by atoms with Gasteiger partial charge < -0.3 is 15.8 Å². The zero-order valence-electron chi connectivity index (χ0n) is 11.7. The standard InChI is InChI=1S/C13H21N3O3S/c1-13(2)8-9(5-6-19-13)16-12-7-10(20(15,17)18)3-4-11(12)14/h3-4,7,9,16H,5-6,8,14H2,1-2H3,(H2,15,17,18). The molecule has 1 aliphatic heterocycles. The Hall–Kier alpha value is -1.31. The lowest BCUT2D eigenvalue weighted by molar-refractivity contribution is -0.0553. The molecule has 1 heterocycles. The lowest BCUT2D eigenvalue weighted by Gasteiger charge is -2.36. The van der Waals surface area contributed by atoms with Gasteiger partial charge in [-0.3, -0.25) is 0 Å². The first-order valence-electron chi connectivity index (χ1n) is 6.50. The van der Waals surface area contributed by atoms with Gasteiger partial charge in [-0.15, -0.1) is 0 Å². The maximum atomic E-state index is 11.4. The Labute approximate surface area is 119 Å². The molecule has 1 unspecified atom stereocenters. The number of primary sulfonamides is 1. The van der Waals surface area contributed by atoms with E-state index in [9.17, 15) is 8.42 Å². The second-order valence-electron chi connectivity index (χ2n) is 5.74. The third-order valence-corrected chi connectivity index (χ3v) is 4.32. The third kappa shape index (κ3) is 3.62. The summed E-state index contributed by atoms with van der Waals surface area (Å²) < 4.78 is 28.4. The molecule has 20 heavy (non-hydrogen) atoms. The summed E-state index contributed by atoms with van der Waals surface area (Å²) in [6.07, 6.45) is 1.68. The van der Waals surface area contributed by atoms with Crippen LogP contribution >= 0.6 is 0 Å². The SMILES string of the molecule is CC1(C)CC(Nc2cc(S(N)(=O)=O)ccc2N)CCO1. The molecule has 1 fully saturated rings. The van der Waals surface area contributed by atoms with Crippen molar-refractivity contribution in [3.05, 3.63) is 18.2 Å². The maximum absolute atomic E-state index is 11.4. The van der Waals surface area contributed by atoms with E-state index in [0.29, 0.717) is 18.0 Å². The van der Waals surface area contributed by atoms with Crippen molar-refractivity contribution in [1.82, 2.24) is 0 Å². The third-order valence-electron chi connectivity index (χ3n) is 3.41. The number of anilines is 2. The number of sulfonamides is 1. The summed E-state index contributed by atoms with van der Waals surface area (Å²) in [5.41, 5.74) is 6.79. The molecule has 0 aliphatic carbocycles. The highest BCUT2D eigenvalue weighted by atomic mass is 32.2. The number of hydrogen-bond donors (Lipinski definition) is 3. The van der Waals surface area contributed by atoms with Gasteiger partial charge in [0.1, 0.15) is 0 Å². The van der Waals surface area contributed by atoms with Crippen LogP contribution in [0.3, 0.4) is 0 Å². The van der Waals surface area contributed by atoms with Gasteiger partial charge in [-0.2, -0.15) is 0 Å². The largest absolute Gasteiger partial charge is 0.397 e. The molecule has 1 atom stereocenters. The van der Waals surface area contributed by atoms with Crippen LogP contribution in [0.15, 0.2) is 23.1 Å². The summed E-state index contributed by atoms with van der Waals surface area (Å²) in [6, 6.07) is 4.63. The molecular weight excluding hydrogens is 278 g/mol. The Morgan fingerprint density at radius 1 is 1.40 bits per heavy atom. The van der Waals surface area contributed by atoms with E-state index in [1.807, 2.05) is 13.8 Å². The van der Waals surface area contributed by atoms with E-state index in [2.05, 4.69) is 5.32 Å². The molecule has 0 saturated carbocycles. The van der Waals surface area contributed by atoms with Gasteiger partial charge in [0.05, 0.1) is 21.9 Å². The smallest absolute Gasteiger partial charge is 0.238 e. The van der Waals surface area contributed by atoms with Crippen molar-refractivity contribution < 1.29 is 13.2 Å². The Kier molecular flexibility index (Phi) is 3.95. The minimum Gasteiger partial charge on any atom is -0.397 e. The van der Waals surface area contributed by atoms with Crippen LogP contribution in [-0.4, -0.2) is 26.7 Å². The summed E-state index contributed by atoms with van der Waals surface area (Å²) in [5.74, 6) is 0. The number of benzene rings is 1. The highest BCUT2D eigenvalue weighted by Gasteiger charge is 2.29. The molecule has 1 aliphatic rings. The first-order valence-corrected chi connectivity index (χ1v) is 8.05. The second kappa shape index (κ2) is 5.23. The fourth-order valence-electron chi connectivity index (χ4n) is 2.41. The van der Waals surface area contributed by atoms with Gasteiger partial charge in [0.2, 0.25) is 10.0 Å². The van der Waals surface area contributed by atoms with Crippen molar-refractivity contribution in [1.29, 1.82) is 0 Å². The Morgan fingerprint density at radius 3 is 2.70 bits per heavy atom. The first-order chi connectivity index (χ1) is 9.17. The number of rotatable bonds is 3. The highest BCUT2D eigenvalue weighted by molar-refractivity contribution is 7.89. The average Bonchev–Trinajstić information content (AvgIpc) is 2.29. The maximum Gasteiger partial charge on any atom is 0.238 e. The number of nitrogens with one attached hydrogen (secondary N) is 1. The summed E-state index contributed by atoms with van der Waals surface area (Å²) in [4.78, 5) is 0.0560. The zero-order chi connectivity index (χ0) is 15.0. The Morgan fingerprint density at radius 2 is 2.10 bits per heavy atom. The predicted octanol–water partition coefficient (Wildman–Crippen LogP) is 1.29. The molecule has 0 spiro atoms. The van der Waals surface area contributed by atoms with E-state index in [1.165, 1.54) is 12.1 Å². The fourth-order valence-corrected chi connectivity index (χ4v) is 2.95. The van der Waals surface area contributed by atoms with Crippen LogP contribution in [0, 0.1) is 0 Å². The predicted molar refractivity (Wildman–Crippen MR) is 78.9 cm³/mol. The Bertz CT molecular complexity index is 599. The van der Waals surface area contributed by atoms with Crippen LogP contribution < -0.4 is 16.2 Å². The van der Waals surface area contributed by atoms with E-state index in [1.54, 1.807) is 6.07 Å². The normalized spacial score (nSPS) is 22.4. The topological polar surface area (TPSA) is 107 Å².